The number of likely N-dealkylation sites (N-methyl/N-ethyl adjacent to an activating group) is 1. The zero-order chi connectivity index (χ0) is 29.4. The molecule has 0 bridgehead atoms. The average molecular weight is 590 g/mol. The maximum absolute atomic E-state index is 14.3. The van der Waals surface area contributed by atoms with Gasteiger partial charge in [0.25, 0.3) is 10.0 Å². The third kappa shape index (κ3) is 7.14. The van der Waals surface area contributed by atoms with Crippen LogP contribution in [0.2, 0.25) is 5.02 Å². The van der Waals surface area contributed by atoms with Crippen LogP contribution in [0.3, 0.4) is 0 Å². The second kappa shape index (κ2) is 13.5. The van der Waals surface area contributed by atoms with E-state index in [1.54, 1.807) is 73.7 Å². The number of hydrogen-bond acceptors (Lipinski definition) is 4. The molecule has 0 fully saturated rings. The highest BCUT2D eigenvalue weighted by atomic mass is 35.5. The van der Waals surface area contributed by atoms with Crippen molar-refractivity contribution in [2.24, 2.45) is 0 Å². The number of hydrogen-bond donors (Lipinski definition) is 1. The lowest BCUT2D eigenvalue weighted by Crippen LogP contribution is -2.53. The number of carbonyl (C=O) groups excluding carboxylic acids is 2. The van der Waals surface area contributed by atoms with E-state index in [-0.39, 0.29) is 23.8 Å². The van der Waals surface area contributed by atoms with Gasteiger partial charge in [0, 0.05) is 25.0 Å². The molecule has 0 unspecified atom stereocenters. The molecular weight excluding hydrogens is 558 g/mol. The van der Waals surface area contributed by atoms with Crippen LogP contribution < -0.4 is 9.62 Å². The number of benzene rings is 4. The van der Waals surface area contributed by atoms with Gasteiger partial charge in [0.05, 0.1) is 10.6 Å². The van der Waals surface area contributed by atoms with E-state index in [9.17, 15) is 18.0 Å². The quantitative estimate of drug-likeness (QED) is 0.260. The van der Waals surface area contributed by atoms with E-state index in [0.717, 1.165) is 9.87 Å². The molecule has 4 aromatic rings. The molecule has 0 aliphatic rings. The fourth-order valence-corrected chi connectivity index (χ4v) is 6.30. The minimum Gasteiger partial charge on any atom is -0.357 e. The van der Waals surface area contributed by atoms with Gasteiger partial charge in [0.15, 0.2) is 0 Å². The van der Waals surface area contributed by atoms with Gasteiger partial charge in [-0.2, -0.15) is 0 Å². The Morgan fingerprint density at radius 2 is 1.41 bits per heavy atom. The molecule has 4 aromatic carbocycles. The van der Waals surface area contributed by atoms with Gasteiger partial charge in [0.1, 0.15) is 12.6 Å². The summed E-state index contributed by atoms with van der Waals surface area (Å²) in [6, 6.07) is 30.5. The van der Waals surface area contributed by atoms with Gasteiger partial charge >= 0.3 is 0 Å². The fourth-order valence-electron chi connectivity index (χ4n) is 4.61. The van der Waals surface area contributed by atoms with E-state index in [2.05, 4.69) is 5.32 Å². The van der Waals surface area contributed by atoms with Gasteiger partial charge in [-0.05, 0) is 47.9 Å². The second-order valence-electron chi connectivity index (χ2n) is 9.54. The lowest BCUT2D eigenvalue weighted by atomic mass is 10.0. The molecular formula is C32H32ClN3O4S. The first kappa shape index (κ1) is 29.8. The third-order valence-electron chi connectivity index (χ3n) is 6.81. The van der Waals surface area contributed by atoms with E-state index < -0.39 is 28.5 Å². The second-order valence-corrected chi connectivity index (χ2v) is 11.8. The van der Waals surface area contributed by atoms with E-state index in [1.165, 1.54) is 24.1 Å². The molecule has 4 rings (SSSR count). The van der Waals surface area contributed by atoms with Crippen molar-refractivity contribution in [2.45, 2.75) is 30.8 Å². The topological polar surface area (TPSA) is 86.8 Å². The van der Waals surface area contributed by atoms with Crippen molar-refractivity contribution in [1.82, 2.24) is 10.2 Å². The molecule has 2 amide bonds. The van der Waals surface area contributed by atoms with Crippen LogP contribution in [0.15, 0.2) is 114 Å². The van der Waals surface area contributed by atoms with Gasteiger partial charge < -0.3 is 10.2 Å². The number of nitrogens with one attached hydrogen (secondary N) is 1. The van der Waals surface area contributed by atoms with Crippen LogP contribution >= 0.6 is 11.6 Å². The average Bonchev–Trinajstić information content (AvgIpc) is 2.99. The number of amides is 2. The lowest BCUT2D eigenvalue weighted by Gasteiger charge is -2.34. The van der Waals surface area contributed by atoms with Crippen LogP contribution in [0.1, 0.15) is 16.7 Å². The van der Waals surface area contributed by atoms with Gasteiger partial charge in [-0.1, -0.05) is 96.5 Å². The predicted molar refractivity (Wildman–Crippen MR) is 162 cm³/mol. The summed E-state index contributed by atoms with van der Waals surface area (Å²) in [5.41, 5.74) is 2.55. The summed E-state index contributed by atoms with van der Waals surface area (Å²) < 4.78 is 29.0. The first-order valence-corrected chi connectivity index (χ1v) is 15.0. The molecule has 0 radical (unpaired) electrons. The van der Waals surface area contributed by atoms with E-state index >= 15 is 0 Å². The Bertz CT molecular complexity index is 1600. The van der Waals surface area contributed by atoms with Crippen molar-refractivity contribution in [1.29, 1.82) is 0 Å². The highest BCUT2D eigenvalue weighted by Crippen LogP contribution is 2.28. The van der Waals surface area contributed by atoms with Crippen molar-refractivity contribution in [3.05, 3.63) is 131 Å². The standard InChI is InChI=1S/C32H32ClN3O4S/c1-24-13-9-12-20-29(24)36(41(39,40)27-17-7-4-8-18-27)23-31(37)35(22-26-16-10-11-19-28(26)33)30(32(38)34-2)21-25-14-5-3-6-15-25/h3-20,30H,21-23H2,1-2H3,(H,34,38)/t30-/m1/s1. The summed E-state index contributed by atoms with van der Waals surface area (Å²) in [5, 5.41) is 3.11. The van der Waals surface area contributed by atoms with Crippen LogP contribution in [-0.4, -0.2) is 44.8 Å². The van der Waals surface area contributed by atoms with Crippen LogP contribution in [0, 0.1) is 6.92 Å². The molecule has 0 aliphatic heterocycles. The van der Waals surface area contributed by atoms with Crippen LogP contribution in [-0.2, 0) is 32.6 Å². The minimum absolute atomic E-state index is 0.0103. The Morgan fingerprint density at radius 1 is 0.829 bits per heavy atom. The Kier molecular flexibility index (Phi) is 9.81. The van der Waals surface area contributed by atoms with E-state index in [0.29, 0.717) is 21.8 Å². The summed E-state index contributed by atoms with van der Waals surface area (Å²) in [6.07, 6.45) is 0.229. The molecule has 0 aliphatic carbocycles. The van der Waals surface area contributed by atoms with Crippen molar-refractivity contribution in [3.8, 4) is 0 Å². The zero-order valence-electron chi connectivity index (χ0n) is 22.9. The highest BCUT2D eigenvalue weighted by Gasteiger charge is 2.34. The molecule has 7 nitrogen and oxygen atoms in total. The highest BCUT2D eigenvalue weighted by molar-refractivity contribution is 7.92. The van der Waals surface area contributed by atoms with Crippen LogP contribution in [0.4, 0.5) is 5.69 Å². The smallest absolute Gasteiger partial charge is 0.264 e. The maximum Gasteiger partial charge on any atom is 0.264 e. The van der Waals surface area contributed by atoms with Crippen LogP contribution in [0.25, 0.3) is 0 Å². The Hall–Kier alpha value is -4.14. The summed E-state index contributed by atoms with van der Waals surface area (Å²) in [6.45, 7) is 1.28. The lowest BCUT2D eigenvalue weighted by molar-refractivity contribution is -0.139. The molecule has 41 heavy (non-hydrogen) atoms. The van der Waals surface area contributed by atoms with Gasteiger partial charge in [-0.25, -0.2) is 8.42 Å². The first-order chi connectivity index (χ1) is 19.7. The summed E-state index contributed by atoms with van der Waals surface area (Å²) in [4.78, 5) is 29.0. The fraction of sp³-hybridized carbons (Fsp3) is 0.188. The number of halogens is 1. The number of anilines is 1. The molecule has 0 aromatic heterocycles. The SMILES string of the molecule is CNC(=O)[C@@H](Cc1ccccc1)N(Cc1ccccc1Cl)C(=O)CN(c1ccccc1C)S(=O)(=O)c1ccccc1. The maximum atomic E-state index is 14.3. The van der Waals surface area contributed by atoms with Crippen molar-refractivity contribution in [3.63, 3.8) is 0 Å². The van der Waals surface area contributed by atoms with E-state index in [1.807, 2.05) is 30.3 Å². The summed E-state index contributed by atoms with van der Waals surface area (Å²) in [7, 11) is -2.63. The molecule has 9 heteroatoms. The monoisotopic (exact) mass is 589 g/mol. The number of para-hydroxylation sites is 1. The molecule has 0 saturated carbocycles. The summed E-state index contributed by atoms with van der Waals surface area (Å²) >= 11 is 6.48. The third-order valence-corrected chi connectivity index (χ3v) is 8.95. The van der Waals surface area contributed by atoms with Crippen molar-refractivity contribution < 1.29 is 18.0 Å². The Balaban J connectivity index is 1.80. The molecule has 212 valence electrons. The number of nitrogens with zero attached hydrogens (tertiary/aromatic N) is 2. The number of aryl methyl sites for hydroxylation is 1. The van der Waals surface area contributed by atoms with E-state index in [4.69, 9.17) is 11.6 Å². The van der Waals surface area contributed by atoms with Gasteiger partial charge in [-0.3, -0.25) is 13.9 Å². The number of sulfonamides is 1. The molecule has 0 heterocycles. The largest absolute Gasteiger partial charge is 0.357 e. The molecule has 1 atom stereocenters. The molecule has 0 spiro atoms. The Morgan fingerprint density at radius 3 is 2.05 bits per heavy atom. The normalized spacial score (nSPS) is 11.9. The first-order valence-electron chi connectivity index (χ1n) is 13.1. The molecule has 0 saturated heterocycles. The molecule has 1 N–H and O–H groups in total. The van der Waals surface area contributed by atoms with Crippen molar-refractivity contribution >= 4 is 39.1 Å². The predicted octanol–water partition coefficient (Wildman–Crippen LogP) is 5.23. The van der Waals surface area contributed by atoms with Crippen LogP contribution in [0.5, 0.6) is 0 Å². The van der Waals surface area contributed by atoms with Gasteiger partial charge in [0.2, 0.25) is 11.8 Å². The van der Waals surface area contributed by atoms with Gasteiger partial charge in [-0.15, -0.1) is 0 Å². The summed E-state index contributed by atoms with van der Waals surface area (Å²) in [5.74, 6) is -0.917. The Labute approximate surface area is 246 Å². The minimum atomic E-state index is -4.14. The zero-order valence-corrected chi connectivity index (χ0v) is 24.5. The number of rotatable bonds is 11. The number of carbonyl (C=O) groups is 2. The van der Waals surface area contributed by atoms with Crippen molar-refractivity contribution in [2.75, 3.05) is 17.9 Å².